The first-order valence-electron chi connectivity index (χ1n) is 9.05. The summed E-state index contributed by atoms with van der Waals surface area (Å²) in [6, 6.07) is 3.35. The van der Waals surface area contributed by atoms with Crippen molar-refractivity contribution in [1.29, 1.82) is 0 Å². The van der Waals surface area contributed by atoms with Crippen LogP contribution in [-0.4, -0.2) is 57.1 Å². The topological polar surface area (TPSA) is 93.9 Å². The van der Waals surface area contributed by atoms with Crippen molar-refractivity contribution in [3.8, 4) is 11.5 Å². The molecule has 26 heavy (non-hydrogen) atoms. The van der Waals surface area contributed by atoms with Crippen LogP contribution in [0.15, 0.2) is 12.1 Å². The van der Waals surface area contributed by atoms with Crippen LogP contribution in [0.3, 0.4) is 0 Å². The van der Waals surface area contributed by atoms with Crippen LogP contribution in [0, 0.1) is 0 Å². The quantitative estimate of drug-likeness (QED) is 0.770. The van der Waals surface area contributed by atoms with E-state index < -0.39 is 0 Å². The predicted octanol–water partition coefficient (Wildman–Crippen LogP) is 1.80. The van der Waals surface area contributed by atoms with Crippen molar-refractivity contribution >= 4 is 11.8 Å². The van der Waals surface area contributed by atoms with Gasteiger partial charge in [-0.15, -0.1) is 0 Å². The van der Waals surface area contributed by atoms with Gasteiger partial charge in [-0.05, 0) is 18.9 Å². The number of nitrogens with one attached hydrogen (secondary N) is 1. The molecule has 2 rings (SSSR count). The van der Waals surface area contributed by atoms with Crippen LogP contribution in [0.4, 0.5) is 0 Å². The zero-order valence-electron chi connectivity index (χ0n) is 15.8. The van der Waals surface area contributed by atoms with Gasteiger partial charge in [-0.1, -0.05) is 19.3 Å². The fourth-order valence-corrected chi connectivity index (χ4v) is 3.35. The molecule has 0 spiro atoms. The van der Waals surface area contributed by atoms with Crippen molar-refractivity contribution in [3.63, 3.8) is 0 Å². The number of ether oxygens (including phenoxy) is 2. The Morgan fingerprint density at radius 2 is 1.73 bits per heavy atom. The molecular weight excluding hydrogens is 334 g/mol. The number of hydrogen-bond donors (Lipinski definition) is 2. The number of benzene rings is 1. The van der Waals surface area contributed by atoms with Gasteiger partial charge in [0.25, 0.3) is 11.8 Å². The summed E-state index contributed by atoms with van der Waals surface area (Å²) in [6.45, 7) is 0.680. The molecule has 0 aromatic heterocycles. The van der Waals surface area contributed by atoms with Gasteiger partial charge in [-0.25, -0.2) is 0 Å². The normalized spacial score (nSPS) is 14.6. The molecule has 1 aromatic rings. The first-order valence-corrected chi connectivity index (χ1v) is 9.05. The molecule has 7 heteroatoms. The Morgan fingerprint density at radius 1 is 1.12 bits per heavy atom. The van der Waals surface area contributed by atoms with Crippen molar-refractivity contribution in [2.45, 2.75) is 38.1 Å². The minimum absolute atomic E-state index is 0.149. The third-order valence-electron chi connectivity index (χ3n) is 4.87. The fraction of sp³-hybridized carbons (Fsp3) is 0.579. The van der Waals surface area contributed by atoms with Gasteiger partial charge in [0.05, 0.1) is 25.3 Å². The molecule has 1 aliphatic carbocycles. The van der Waals surface area contributed by atoms with Crippen LogP contribution in [0.1, 0.15) is 52.8 Å². The minimum Gasteiger partial charge on any atom is -0.496 e. The summed E-state index contributed by atoms with van der Waals surface area (Å²) in [6.07, 6.45) is 5.49. The zero-order valence-corrected chi connectivity index (χ0v) is 15.8. The van der Waals surface area contributed by atoms with Gasteiger partial charge in [0, 0.05) is 32.2 Å². The molecule has 0 unspecified atom stereocenters. The SMILES string of the molecule is COc1cc(OC)c(C(=O)N(C)C2CCCCC2)cc1C(=O)NCCN. The lowest BCUT2D eigenvalue weighted by molar-refractivity contribution is 0.0693. The maximum Gasteiger partial charge on any atom is 0.257 e. The van der Waals surface area contributed by atoms with Crippen molar-refractivity contribution in [1.82, 2.24) is 10.2 Å². The van der Waals surface area contributed by atoms with Crippen molar-refractivity contribution in [2.75, 3.05) is 34.4 Å². The summed E-state index contributed by atoms with van der Waals surface area (Å²) in [5.41, 5.74) is 6.10. The highest BCUT2D eigenvalue weighted by Gasteiger charge is 2.27. The number of carbonyl (C=O) groups is 2. The van der Waals surface area contributed by atoms with Gasteiger partial charge < -0.3 is 25.4 Å². The highest BCUT2D eigenvalue weighted by Crippen LogP contribution is 2.31. The van der Waals surface area contributed by atoms with Crippen molar-refractivity contribution < 1.29 is 19.1 Å². The van der Waals surface area contributed by atoms with Gasteiger partial charge >= 0.3 is 0 Å². The lowest BCUT2D eigenvalue weighted by Crippen LogP contribution is -2.38. The smallest absolute Gasteiger partial charge is 0.257 e. The Bertz CT molecular complexity index is 642. The Morgan fingerprint density at radius 3 is 2.31 bits per heavy atom. The molecule has 0 aliphatic heterocycles. The van der Waals surface area contributed by atoms with Gasteiger partial charge in [0.2, 0.25) is 0 Å². The van der Waals surface area contributed by atoms with Crippen LogP contribution < -0.4 is 20.5 Å². The van der Waals surface area contributed by atoms with E-state index in [1.807, 2.05) is 7.05 Å². The van der Waals surface area contributed by atoms with Crippen molar-refractivity contribution in [2.24, 2.45) is 5.73 Å². The van der Waals surface area contributed by atoms with E-state index in [1.54, 1.807) is 17.0 Å². The summed E-state index contributed by atoms with van der Waals surface area (Å²) in [5.74, 6) is 0.270. The van der Waals surface area contributed by atoms with E-state index in [2.05, 4.69) is 5.32 Å². The number of amides is 2. The molecule has 0 atom stereocenters. The molecule has 2 amide bonds. The number of nitrogens with two attached hydrogens (primary N) is 1. The predicted molar refractivity (Wildman–Crippen MR) is 99.9 cm³/mol. The second-order valence-electron chi connectivity index (χ2n) is 6.51. The third-order valence-corrected chi connectivity index (χ3v) is 4.87. The minimum atomic E-state index is -0.329. The molecule has 1 aromatic carbocycles. The molecule has 1 aliphatic rings. The summed E-state index contributed by atoms with van der Waals surface area (Å²) < 4.78 is 10.7. The maximum absolute atomic E-state index is 13.1. The zero-order chi connectivity index (χ0) is 19.1. The largest absolute Gasteiger partial charge is 0.496 e. The molecule has 0 heterocycles. The van der Waals surface area contributed by atoms with Crippen LogP contribution in [0.2, 0.25) is 0 Å². The standard InChI is InChI=1S/C19H29N3O4/c1-22(13-7-5-4-6-8-13)19(24)15-11-14(18(23)21-10-9-20)16(25-2)12-17(15)26-3/h11-13H,4-10,20H2,1-3H3,(H,21,23). The average molecular weight is 363 g/mol. The van der Waals surface area contributed by atoms with Crippen molar-refractivity contribution in [3.05, 3.63) is 23.3 Å². The summed E-state index contributed by atoms with van der Waals surface area (Å²) >= 11 is 0. The van der Waals surface area contributed by atoms with E-state index in [9.17, 15) is 9.59 Å². The molecule has 1 saturated carbocycles. The lowest BCUT2D eigenvalue weighted by Gasteiger charge is -2.31. The number of hydrogen-bond acceptors (Lipinski definition) is 5. The van der Waals surface area contributed by atoms with Crippen LogP contribution in [0.25, 0.3) is 0 Å². The Balaban J connectivity index is 2.35. The Kier molecular flexibility index (Phi) is 7.26. The molecule has 7 nitrogen and oxygen atoms in total. The Hall–Kier alpha value is -2.28. The molecule has 0 saturated heterocycles. The number of rotatable bonds is 7. The maximum atomic E-state index is 13.1. The highest BCUT2D eigenvalue weighted by atomic mass is 16.5. The first-order chi connectivity index (χ1) is 12.5. The van der Waals surface area contributed by atoms with E-state index in [-0.39, 0.29) is 17.9 Å². The number of carbonyl (C=O) groups excluding carboxylic acids is 2. The molecular formula is C19H29N3O4. The molecule has 144 valence electrons. The van der Waals surface area contributed by atoms with E-state index in [0.717, 1.165) is 25.7 Å². The van der Waals surface area contributed by atoms with Crippen LogP contribution >= 0.6 is 0 Å². The summed E-state index contributed by atoms with van der Waals surface area (Å²) in [7, 11) is 4.79. The lowest BCUT2D eigenvalue weighted by atomic mass is 9.94. The van der Waals surface area contributed by atoms with E-state index >= 15 is 0 Å². The number of nitrogens with zero attached hydrogens (tertiary/aromatic N) is 1. The molecule has 0 bridgehead atoms. The van der Waals surface area contributed by atoms with Crippen LogP contribution in [0.5, 0.6) is 11.5 Å². The fourth-order valence-electron chi connectivity index (χ4n) is 3.35. The summed E-state index contributed by atoms with van der Waals surface area (Å²) in [5, 5.41) is 2.71. The van der Waals surface area contributed by atoms with Gasteiger partial charge in [0.1, 0.15) is 11.5 Å². The Labute approximate surface area is 154 Å². The monoisotopic (exact) mass is 363 g/mol. The first kappa shape index (κ1) is 20.0. The molecule has 3 N–H and O–H groups in total. The summed E-state index contributed by atoms with van der Waals surface area (Å²) in [4.78, 5) is 27.3. The number of methoxy groups -OCH3 is 2. The van der Waals surface area contributed by atoms with Crippen LogP contribution in [-0.2, 0) is 0 Å². The average Bonchev–Trinajstić information content (AvgIpc) is 2.70. The van der Waals surface area contributed by atoms with Gasteiger partial charge in [-0.3, -0.25) is 9.59 Å². The van der Waals surface area contributed by atoms with Gasteiger partial charge in [0.15, 0.2) is 0 Å². The molecule has 1 fully saturated rings. The van der Waals surface area contributed by atoms with Gasteiger partial charge in [-0.2, -0.15) is 0 Å². The highest BCUT2D eigenvalue weighted by molar-refractivity contribution is 6.03. The van der Waals surface area contributed by atoms with E-state index in [1.165, 1.54) is 20.6 Å². The second-order valence-corrected chi connectivity index (χ2v) is 6.51. The third kappa shape index (κ3) is 4.46. The van der Waals surface area contributed by atoms with E-state index in [4.69, 9.17) is 15.2 Å². The molecule has 0 radical (unpaired) electrons. The second kappa shape index (κ2) is 9.43. The van der Waals surface area contributed by atoms with E-state index in [0.29, 0.717) is 35.7 Å².